The molecule has 4 N–H and O–H groups in total. The summed E-state index contributed by atoms with van der Waals surface area (Å²) in [7, 11) is 0. The molecule has 0 amide bonds. The molecule has 0 spiro atoms. The molecule has 19 heavy (non-hydrogen) atoms. The number of thiol groups is 2. The van der Waals surface area contributed by atoms with Crippen LogP contribution < -0.4 is 0 Å². The third-order valence-corrected chi connectivity index (χ3v) is 1.85. The molecule has 0 radical (unpaired) electrons. The average Bonchev–Trinajstić information content (AvgIpc) is 2.15. The molecule has 0 bridgehead atoms. The van der Waals surface area contributed by atoms with Crippen molar-refractivity contribution in [2.24, 2.45) is 0 Å². The van der Waals surface area contributed by atoms with E-state index < -0.39 is 11.9 Å². The number of hydrogen-bond acceptors (Lipinski definition) is 7. The average molecular weight is 334 g/mol. The Labute approximate surface area is 128 Å². The first-order chi connectivity index (χ1) is 8.67. The van der Waals surface area contributed by atoms with E-state index in [4.69, 9.17) is 20.4 Å². The van der Waals surface area contributed by atoms with Crippen LogP contribution in [-0.4, -0.2) is 54.7 Å². The predicted octanol–water partition coefficient (Wildman–Crippen LogP) is 1.18. The van der Waals surface area contributed by atoms with Gasteiger partial charge in [-0.25, -0.2) is 0 Å². The molecule has 9 heteroatoms. The molecule has 0 rings (SSSR count). The minimum atomic E-state index is -0.789. The second-order valence-electron chi connectivity index (χ2n) is 3.36. The lowest BCUT2D eigenvalue weighted by Crippen LogP contribution is -2.01. The van der Waals surface area contributed by atoms with Gasteiger partial charge in [0.15, 0.2) is 0 Å². The van der Waals surface area contributed by atoms with Crippen molar-refractivity contribution < 1.29 is 30.0 Å². The van der Waals surface area contributed by atoms with Gasteiger partial charge in [-0.15, -0.1) is 11.8 Å². The first kappa shape index (κ1) is 24.0. The molecule has 0 saturated heterocycles. The number of carboxylic acid groups (broad SMARTS) is 2. The fourth-order valence-corrected chi connectivity index (χ4v) is 0.940. The number of carbonyl (C=O) groups is 2. The zero-order valence-corrected chi connectivity index (χ0v) is 13.5. The summed E-state index contributed by atoms with van der Waals surface area (Å²) >= 11 is 8.79. The summed E-state index contributed by atoms with van der Waals surface area (Å²) in [6, 6.07) is 0. The van der Waals surface area contributed by atoms with Crippen molar-refractivity contribution in [2.75, 3.05) is 11.9 Å². The summed E-state index contributed by atoms with van der Waals surface area (Å²) in [6.45, 7) is 3.49. The number of carboxylic acids is 2. The van der Waals surface area contributed by atoms with Crippen LogP contribution in [0.1, 0.15) is 26.7 Å². The van der Waals surface area contributed by atoms with Gasteiger partial charge in [0.1, 0.15) is 0 Å². The molecule has 0 aromatic carbocycles. The van der Waals surface area contributed by atoms with Gasteiger partial charge in [-0.1, -0.05) is 13.8 Å². The van der Waals surface area contributed by atoms with Crippen LogP contribution in [0.3, 0.4) is 0 Å². The van der Waals surface area contributed by atoms with Crippen LogP contribution in [0.5, 0.6) is 0 Å². The van der Waals surface area contributed by atoms with E-state index in [-0.39, 0.29) is 35.2 Å². The summed E-state index contributed by atoms with van der Waals surface area (Å²) in [5.41, 5.74) is 0. The Bertz CT molecular complexity index is 201. The maximum Gasteiger partial charge on any atom is 0.304 e. The molecule has 2 unspecified atom stereocenters. The Kier molecular flexibility index (Phi) is 22.6. The van der Waals surface area contributed by atoms with Crippen molar-refractivity contribution in [2.45, 2.75) is 37.2 Å². The molecule has 0 aliphatic heterocycles. The van der Waals surface area contributed by atoms with E-state index >= 15 is 0 Å². The van der Waals surface area contributed by atoms with Crippen LogP contribution in [0.15, 0.2) is 0 Å². The molecule has 0 aliphatic rings. The van der Waals surface area contributed by atoms with Crippen LogP contribution in [-0.2, 0) is 9.59 Å². The Hall–Kier alpha value is -0.0900. The lowest BCUT2D eigenvalue weighted by molar-refractivity contribution is -0.137. The van der Waals surface area contributed by atoms with Gasteiger partial charge in [-0.05, 0) is 0 Å². The highest BCUT2D eigenvalue weighted by molar-refractivity contribution is 7.98. The van der Waals surface area contributed by atoms with Crippen LogP contribution in [0.25, 0.3) is 0 Å². The molecule has 0 heterocycles. The Balaban J connectivity index is -0.000000206. The third kappa shape index (κ3) is 46.2. The standard InChI is InChI=1S/2C4H8O2S.C2H6O2S/c2*1-3(7)2-4(5)6;3-1-5-2-4/h2*3,7H,2H2,1H3,(H,5,6);3-4H,1-2H2. The molecule has 116 valence electrons. The van der Waals surface area contributed by atoms with Crippen LogP contribution in [0, 0.1) is 0 Å². The topological polar surface area (TPSA) is 115 Å². The van der Waals surface area contributed by atoms with Crippen molar-refractivity contribution >= 4 is 49.0 Å². The lowest BCUT2D eigenvalue weighted by Gasteiger charge is -1.93. The van der Waals surface area contributed by atoms with Gasteiger partial charge in [0, 0.05) is 10.5 Å². The van der Waals surface area contributed by atoms with Gasteiger partial charge >= 0.3 is 11.9 Å². The number of aliphatic hydroxyl groups is 2. The predicted molar refractivity (Wildman–Crippen MR) is 83.2 cm³/mol. The normalized spacial score (nSPS) is 12.1. The van der Waals surface area contributed by atoms with E-state index in [1.54, 1.807) is 13.8 Å². The molecule has 2 atom stereocenters. The van der Waals surface area contributed by atoms with Gasteiger partial charge in [0.25, 0.3) is 0 Å². The van der Waals surface area contributed by atoms with Crippen molar-refractivity contribution in [3.63, 3.8) is 0 Å². The van der Waals surface area contributed by atoms with Crippen molar-refractivity contribution in [3.05, 3.63) is 0 Å². The Morgan fingerprint density at radius 1 is 0.947 bits per heavy atom. The fraction of sp³-hybridized carbons (Fsp3) is 0.800. The summed E-state index contributed by atoms with van der Waals surface area (Å²) < 4.78 is 0. The molecular formula is C10H22O6S3. The highest BCUT2D eigenvalue weighted by Crippen LogP contribution is 1.97. The second-order valence-corrected chi connectivity index (χ2v) is 6.04. The van der Waals surface area contributed by atoms with Crippen LogP contribution in [0.4, 0.5) is 0 Å². The maximum absolute atomic E-state index is 9.76. The number of aliphatic hydroxyl groups excluding tert-OH is 2. The molecule has 0 aromatic heterocycles. The van der Waals surface area contributed by atoms with Crippen LogP contribution >= 0.6 is 37.0 Å². The van der Waals surface area contributed by atoms with Crippen LogP contribution in [0.2, 0.25) is 0 Å². The monoisotopic (exact) mass is 334 g/mol. The van der Waals surface area contributed by atoms with Gasteiger partial charge in [0.05, 0.1) is 24.7 Å². The van der Waals surface area contributed by atoms with Gasteiger partial charge in [-0.3, -0.25) is 9.59 Å². The van der Waals surface area contributed by atoms with E-state index in [9.17, 15) is 9.59 Å². The molecule has 0 fully saturated rings. The highest BCUT2D eigenvalue weighted by atomic mass is 32.2. The van der Waals surface area contributed by atoms with E-state index in [0.717, 1.165) is 11.8 Å². The third-order valence-electron chi connectivity index (χ3n) is 1.12. The lowest BCUT2D eigenvalue weighted by atomic mass is 10.3. The maximum atomic E-state index is 9.76. The Morgan fingerprint density at radius 2 is 1.21 bits per heavy atom. The quantitative estimate of drug-likeness (QED) is 0.319. The van der Waals surface area contributed by atoms with E-state index in [1.807, 2.05) is 0 Å². The number of aliphatic carboxylic acids is 2. The van der Waals surface area contributed by atoms with E-state index in [0.29, 0.717) is 0 Å². The first-order valence-electron chi connectivity index (χ1n) is 5.26. The van der Waals surface area contributed by atoms with Gasteiger partial charge in [0.2, 0.25) is 0 Å². The largest absolute Gasteiger partial charge is 0.481 e. The number of rotatable bonds is 6. The summed E-state index contributed by atoms with van der Waals surface area (Å²) in [5, 5.41) is 31.7. The van der Waals surface area contributed by atoms with E-state index in [1.165, 1.54) is 0 Å². The van der Waals surface area contributed by atoms with E-state index in [2.05, 4.69) is 25.3 Å². The number of hydrogen-bond donors (Lipinski definition) is 6. The minimum absolute atomic E-state index is 0.0104. The molecule has 0 aliphatic carbocycles. The molecule has 0 aromatic rings. The zero-order valence-electron chi connectivity index (χ0n) is 10.9. The first-order valence-corrected chi connectivity index (χ1v) is 7.45. The fourth-order valence-electron chi connectivity index (χ4n) is 0.546. The van der Waals surface area contributed by atoms with Crippen molar-refractivity contribution in [1.82, 2.24) is 0 Å². The van der Waals surface area contributed by atoms with Gasteiger partial charge in [-0.2, -0.15) is 25.3 Å². The Morgan fingerprint density at radius 3 is 1.21 bits per heavy atom. The summed E-state index contributed by atoms with van der Waals surface area (Å²) in [6.07, 6.45) is 0.284. The smallest absolute Gasteiger partial charge is 0.304 e. The SMILES string of the molecule is CC(S)CC(=O)O.CC(S)CC(=O)O.OCSCO. The second kappa shape index (κ2) is 17.9. The summed E-state index contributed by atoms with van der Waals surface area (Å²) in [5.74, 6) is -1.56. The summed E-state index contributed by atoms with van der Waals surface area (Å²) in [4.78, 5) is 19.5. The zero-order chi connectivity index (χ0) is 15.8. The minimum Gasteiger partial charge on any atom is -0.481 e. The van der Waals surface area contributed by atoms with Crippen molar-refractivity contribution in [3.8, 4) is 0 Å². The van der Waals surface area contributed by atoms with Crippen molar-refractivity contribution in [1.29, 1.82) is 0 Å². The highest BCUT2D eigenvalue weighted by Gasteiger charge is 1.99. The molecular weight excluding hydrogens is 312 g/mol. The van der Waals surface area contributed by atoms with Gasteiger partial charge < -0.3 is 20.4 Å². The molecule has 6 nitrogen and oxygen atoms in total. The number of thioether (sulfide) groups is 1. The molecule has 0 saturated carbocycles.